The Labute approximate surface area is 161 Å². The molecule has 146 valence electrons. The van der Waals surface area contributed by atoms with Crippen LogP contribution >= 0.6 is 0 Å². The zero-order valence-corrected chi connectivity index (χ0v) is 16.2. The minimum absolute atomic E-state index is 0.0126. The second kappa shape index (κ2) is 12.5. The van der Waals surface area contributed by atoms with Gasteiger partial charge in [-0.2, -0.15) is 0 Å². The molecule has 0 saturated heterocycles. The summed E-state index contributed by atoms with van der Waals surface area (Å²) in [5.74, 6) is -0.0415. The quantitative estimate of drug-likeness (QED) is 0.506. The molecule has 3 N–H and O–H groups in total. The number of hydrogen-bond donors (Lipinski definition) is 3. The van der Waals surface area contributed by atoms with Crippen LogP contribution in [-0.4, -0.2) is 42.5 Å². The van der Waals surface area contributed by atoms with E-state index in [1.807, 2.05) is 31.2 Å². The van der Waals surface area contributed by atoms with Crippen LogP contribution < -0.4 is 10.6 Å². The zero-order valence-electron chi connectivity index (χ0n) is 16.2. The average molecular weight is 371 g/mol. The number of hydrogen-bond acceptors (Lipinski definition) is 4. The van der Waals surface area contributed by atoms with Crippen LogP contribution in [0.25, 0.3) is 0 Å². The predicted octanol–water partition coefficient (Wildman–Crippen LogP) is 2.10. The number of nitrogens with zero attached hydrogens (tertiary/aromatic N) is 1. The fourth-order valence-corrected chi connectivity index (χ4v) is 2.58. The van der Waals surface area contributed by atoms with E-state index in [0.29, 0.717) is 13.0 Å². The van der Waals surface area contributed by atoms with Crippen molar-refractivity contribution in [2.45, 2.75) is 26.8 Å². The van der Waals surface area contributed by atoms with Gasteiger partial charge < -0.3 is 20.6 Å². The average Bonchev–Trinajstić information content (AvgIpc) is 2.69. The number of allylic oxidation sites excluding steroid dienone is 3. The first-order chi connectivity index (χ1) is 13.1. The number of aliphatic hydroxyl groups excluding tert-OH is 1. The summed E-state index contributed by atoms with van der Waals surface area (Å²) < 4.78 is 0. The lowest BCUT2D eigenvalue weighted by Crippen LogP contribution is -2.29. The Kier molecular flexibility index (Phi) is 10.3. The molecule has 1 aromatic rings. The number of rotatable bonds is 7. The van der Waals surface area contributed by atoms with Gasteiger partial charge in [0.2, 0.25) is 6.41 Å². The molecule has 0 bridgehead atoms. The monoisotopic (exact) mass is 371 g/mol. The van der Waals surface area contributed by atoms with Crippen molar-refractivity contribution in [2.75, 3.05) is 20.2 Å². The Morgan fingerprint density at radius 1 is 1.26 bits per heavy atom. The molecule has 0 radical (unpaired) electrons. The molecule has 0 aliphatic carbocycles. The van der Waals surface area contributed by atoms with E-state index in [9.17, 15) is 9.59 Å². The van der Waals surface area contributed by atoms with E-state index < -0.39 is 0 Å². The van der Waals surface area contributed by atoms with E-state index in [0.717, 1.165) is 29.8 Å². The fraction of sp³-hybridized carbons (Fsp3) is 0.333. The molecule has 6 nitrogen and oxygen atoms in total. The molecule has 2 rings (SSSR count). The van der Waals surface area contributed by atoms with Gasteiger partial charge >= 0.3 is 0 Å². The predicted molar refractivity (Wildman–Crippen MR) is 107 cm³/mol. The lowest BCUT2D eigenvalue weighted by molar-refractivity contribution is -0.117. The number of benzene rings is 1. The van der Waals surface area contributed by atoms with E-state index in [1.54, 1.807) is 7.05 Å². The smallest absolute Gasteiger partial charge is 0.253 e. The van der Waals surface area contributed by atoms with Crippen LogP contribution in [0.1, 0.15) is 25.8 Å². The van der Waals surface area contributed by atoms with E-state index in [2.05, 4.69) is 46.9 Å². The maximum Gasteiger partial charge on any atom is 0.253 e. The first kappa shape index (κ1) is 22.2. The normalized spacial score (nSPS) is 14.5. The molecular formula is C21H29N3O3. The van der Waals surface area contributed by atoms with Crippen molar-refractivity contribution < 1.29 is 14.7 Å². The van der Waals surface area contributed by atoms with Gasteiger partial charge in [-0.15, -0.1) is 0 Å². The molecule has 0 saturated carbocycles. The summed E-state index contributed by atoms with van der Waals surface area (Å²) in [5.41, 5.74) is 4.01. The molecule has 1 aliphatic rings. The van der Waals surface area contributed by atoms with Gasteiger partial charge in [-0.1, -0.05) is 43.3 Å². The number of likely N-dealkylation sites (N-methyl/N-ethyl adjacent to an activating group) is 1. The van der Waals surface area contributed by atoms with E-state index in [1.165, 1.54) is 5.56 Å². The molecule has 27 heavy (non-hydrogen) atoms. The maximum absolute atomic E-state index is 12.1. The molecule has 1 heterocycles. The molecule has 0 unspecified atom stereocenters. The highest BCUT2D eigenvalue weighted by Crippen LogP contribution is 2.26. The molecule has 6 heteroatoms. The number of carbonyl (C=O) groups excluding carboxylic acids is 2. The number of carbonyl (C=O) groups is 2. The Morgan fingerprint density at radius 2 is 1.96 bits per heavy atom. The summed E-state index contributed by atoms with van der Waals surface area (Å²) in [7, 11) is 1.67. The Balaban J connectivity index is 0.000000527. The molecule has 0 fully saturated rings. The second-order valence-corrected chi connectivity index (χ2v) is 5.92. The summed E-state index contributed by atoms with van der Waals surface area (Å²) in [5, 5.41) is 13.0. The van der Waals surface area contributed by atoms with Crippen molar-refractivity contribution in [3.8, 4) is 0 Å². The largest absolute Gasteiger partial charge is 0.395 e. The fourth-order valence-electron chi connectivity index (χ4n) is 2.58. The summed E-state index contributed by atoms with van der Waals surface area (Å²) in [4.78, 5) is 23.6. The van der Waals surface area contributed by atoms with Gasteiger partial charge in [0.1, 0.15) is 0 Å². The molecule has 2 amide bonds. The van der Waals surface area contributed by atoms with Gasteiger partial charge in [-0.05, 0) is 30.6 Å². The first-order valence-electron chi connectivity index (χ1n) is 8.98. The van der Waals surface area contributed by atoms with E-state index in [4.69, 9.17) is 5.11 Å². The third-order valence-electron chi connectivity index (χ3n) is 3.72. The summed E-state index contributed by atoms with van der Waals surface area (Å²) in [6.07, 6.45) is 7.59. The zero-order chi connectivity index (χ0) is 20.1. The van der Waals surface area contributed by atoms with Crippen LogP contribution in [0.4, 0.5) is 0 Å². The molecule has 1 aliphatic heterocycles. The highest BCUT2D eigenvalue weighted by atomic mass is 16.3. The first-order valence-corrected chi connectivity index (χ1v) is 8.98. The molecular weight excluding hydrogens is 342 g/mol. The van der Waals surface area contributed by atoms with Gasteiger partial charge in [0, 0.05) is 32.0 Å². The lowest BCUT2D eigenvalue weighted by Gasteiger charge is -2.29. The van der Waals surface area contributed by atoms with E-state index >= 15 is 0 Å². The number of amides is 2. The highest BCUT2D eigenvalue weighted by molar-refractivity contribution is 5.98. The van der Waals surface area contributed by atoms with Crippen LogP contribution in [-0.2, 0) is 16.1 Å². The topological polar surface area (TPSA) is 81.7 Å². The van der Waals surface area contributed by atoms with Crippen molar-refractivity contribution in [3.05, 3.63) is 71.1 Å². The maximum atomic E-state index is 12.1. The van der Waals surface area contributed by atoms with Crippen LogP contribution in [0.15, 0.2) is 65.5 Å². The van der Waals surface area contributed by atoms with Gasteiger partial charge in [-0.3, -0.25) is 9.59 Å². The van der Waals surface area contributed by atoms with Crippen LogP contribution in [0.5, 0.6) is 0 Å². The summed E-state index contributed by atoms with van der Waals surface area (Å²) in [6, 6.07) is 10.3. The highest BCUT2D eigenvalue weighted by Gasteiger charge is 2.21. The summed E-state index contributed by atoms with van der Waals surface area (Å²) >= 11 is 0. The van der Waals surface area contributed by atoms with Crippen LogP contribution in [0, 0.1) is 0 Å². The second-order valence-electron chi connectivity index (χ2n) is 5.92. The molecule has 0 atom stereocenters. The number of nitrogens with one attached hydrogen (secondary N) is 2. The van der Waals surface area contributed by atoms with Crippen molar-refractivity contribution in [1.82, 2.24) is 15.5 Å². The standard InChI is InChI=1S/C18H22N2O.C3H7NO2/c1-4-8-17-16(18(21)19-3)11-14(2)12-20(17)13-15-9-6-5-7-10-15;5-2-1-4-3-6/h5-12H,4,13H2,1-3H3,(H,19,21);3,5H,1-2H2,(H,4,6)/b17-8+;. The molecule has 0 spiro atoms. The van der Waals surface area contributed by atoms with Crippen molar-refractivity contribution in [1.29, 1.82) is 0 Å². The van der Waals surface area contributed by atoms with Crippen molar-refractivity contribution >= 4 is 12.3 Å². The van der Waals surface area contributed by atoms with Crippen LogP contribution in [0.3, 0.4) is 0 Å². The van der Waals surface area contributed by atoms with Gasteiger partial charge in [0.15, 0.2) is 0 Å². The third-order valence-corrected chi connectivity index (χ3v) is 3.72. The minimum Gasteiger partial charge on any atom is -0.395 e. The van der Waals surface area contributed by atoms with Crippen molar-refractivity contribution in [2.24, 2.45) is 0 Å². The number of aliphatic hydroxyl groups is 1. The lowest BCUT2D eigenvalue weighted by atomic mass is 10.0. The van der Waals surface area contributed by atoms with Gasteiger partial charge in [-0.25, -0.2) is 0 Å². The molecule has 1 aromatic carbocycles. The van der Waals surface area contributed by atoms with Crippen LogP contribution in [0.2, 0.25) is 0 Å². The van der Waals surface area contributed by atoms with Gasteiger partial charge in [0.25, 0.3) is 5.91 Å². The van der Waals surface area contributed by atoms with E-state index in [-0.39, 0.29) is 12.5 Å². The SMILES string of the molecule is CC/C=C1\C(C(=O)NC)=CC(C)=CN1Cc1ccccc1.O=CNCCO. The van der Waals surface area contributed by atoms with Crippen molar-refractivity contribution in [3.63, 3.8) is 0 Å². The summed E-state index contributed by atoms with van der Waals surface area (Å²) in [6.45, 7) is 5.23. The molecule has 0 aromatic heterocycles. The van der Waals surface area contributed by atoms with Gasteiger partial charge in [0.05, 0.1) is 12.2 Å². The Hall–Kier alpha value is -2.86. The minimum atomic E-state index is -0.0415. The Morgan fingerprint density at radius 3 is 2.48 bits per heavy atom. The Bertz CT molecular complexity index is 694. The third kappa shape index (κ3) is 7.50.